The quantitative estimate of drug-likeness (QED) is 0.694. The second kappa shape index (κ2) is 9.08. The predicted octanol–water partition coefficient (Wildman–Crippen LogP) is 2.65. The van der Waals surface area contributed by atoms with Crippen LogP contribution in [-0.2, 0) is 17.9 Å². The molecule has 0 aliphatic heterocycles. The van der Waals surface area contributed by atoms with E-state index in [-0.39, 0.29) is 0 Å². The fraction of sp³-hybridized carbons (Fsp3) is 0.625. The maximum Gasteiger partial charge on any atom is 0.0713 e. The van der Waals surface area contributed by atoms with Crippen molar-refractivity contribution in [2.45, 2.75) is 39.5 Å². The first-order valence-electron chi connectivity index (χ1n) is 7.11. The molecule has 0 fully saturated rings. The van der Waals surface area contributed by atoms with Gasteiger partial charge >= 0.3 is 0 Å². The van der Waals surface area contributed by atoms with Crippen molar-refractivity contribution in [3.63, 3.8) is 0 Å². The summed E-state index contributed by atoms with van der Waals surface area (Å²) in [6, 6.07) is 9.23. The molecule has 3 heteroatoms. The van der Waals surface area contributed by atoms with Gasteiger partial charge in [-0.2, -0.15) is 0 Å². The number of rotatable bonds is 9. The molecule has 0 aliphatic carbocycles. The summed E-state index contributed by atoms with van der Waals surface area (Å²) in [5.41, 5.74) is 2.56. The summed E-state index contributed by atoms with van der Waals surface area (Å²) in [6.45, 7) is 8.31. The average molecular weight is 264 g/mol. The monoisotopic (exact) mass is 264 g/mol. The van der Waals surface area contributed by atoms with Crippen LogP contribution in [0.4, 0.5) is 0 Å². The third-order valence-corrected chi connectivity index (χ3v) is 3.41. The van der Waals surface area contributed by atoms with Gasteiger partial charge in [0.25, 0.3) is 0 Å². The Morgan fingerprint density at radius 2 is 1.79 bits per heavy atom. The van der Waals surface area contributed by atoms with Crippen LogP contribution in [0.2, 0.25) is 0 Å². The Labute approximate surface area is 118 Å². The molecule has 0 atom stereocenters. The molecule has 0 aromatic heterocycles. The van der Waals surface area contributed by atoms with Gasteiger partial charge in [-0.15, -0.1) is 0 Å². The molecule has 0 saturated carbocycles. The third-order valence-electron chi connectivity index (χ3n) is 3.41. The van der Waals surface area contributed by atoms with E-state index in [0.29, 0.717) is 12.6 Å². The van der Waals surface area contributed by atoms with Crippen molar-refractivity contribution in [2.75, 3.05) is 27.2 Å². The van der Waals surface area contributed by atoms with Gasteiger partial charge in [0, 0.05) is 19.7 Å². The van der Waals surface area contributed by atoms with Crippen LogP contribution >= 0.6 is 0 Å². The number of hydrogen-bond acceptors (Lipinski definition) is 3. The van der Waals surface area contributed by atoms with Crippen LogP contribution in [0.1, 0.15) is 31.4 Å². The molecule has 0 radical (unpaired) electrons. The SMILES string of the molecule is COCc1ccc(CNCCCN(C)C(C)C)cc1. The third kappa shape index (κ3) is 6.71. The maximum atomic E-state index is 5.10. The Hall–Kier alpha value is -0.900. The molecule has 0 bridgehead atoms. The van der Waals surface area contributed by atoms with E-state index in [1.165, 1.54) is 17.5 Å². The maximum absolute atomic E-state index is 5.10. The standard InChI is InChI=1S/C16H28N2O/c1-14(2)18(3)11-5-10-17-12-15-6-8-16(9-7-15)13-19-4/h6-9,14,17H,5,10-13H2,1-4H3. The fourth-order valence-electron chi connectivity index (χ4n) is 1.86. The van der Waals surface area contributed by atoms with Crippen molar-refractivity contribution >= 4 is 0 Å². The van der Waals surface area contributed by atoms with Crippen molar-refractivity contribution in [3.8, 4) is 0 Å². The molecule has 1 rings (SSSR count). The minimum absolute atomic E-state index is 0.633. The fourth-order valence-corrected chi connectivity index (χ4v) is 1.86. The van der Waals surface area contributed by atoms with Crippen LogP contribution in [0.5, 0.6) is 0 Å². The largest absolute Gasteiger partial charge is 0.380 e. The first-order valence-corrected chi connectivity index (χ1v) is 7.11. The zero-order valence-electron chi connectivity index (χ0n) is 12.8. The van der Waals surface area contributed by atoms with Crippen molar-refractivity contribution in [1.82, 2.24) is 10.2 Å². The minimum atomic E-state index is 0.633. The summed E-state index contributed by atoms with van der Waals surface area (Å²) in [5, 5.41) is 3.49. The van der Waals surface area contributed by atoms with Crippen LogP contribution < -0.4 is 5.32 Å². The van der Waals surface area contributed by atoms with Gasteiger partial charge in [-0.05, 0) is 51.5 Å². The molecular weight excluding hydrogens is 236 g/mol. The second-order valence-corrected chi connectivity index (χ2v) is 5.35. The van der Waals surface area contributed by atoms with E-state index in [9.17, 15) is 0 Å². The lowest BCUT2D eigenvalue weighted by atomic mass is 10.1. The lowest BCUT2D eigenvalue weighted by Crippen LogP contribution is -2.29. The summed E-state index contributed by atoms with van der Waals surface area (Å²) in [7, 11) is 3.91. The van der Waals surface area contributed by atoms with E-state index in [2.05, 4.69) is 55.4 Å². The molecule has 108 valence electrons. The molecule has 19 heavy (non-hydrogen) atoms. The van der Waals surface area contributed by atoms with E-state index in [4.69, 9.17) is 4.74 Å². The Morgan fingerprint density at radius 3 is 2.37 bits per heavy atom. The lowest BCUT2D eigenvalue weighted by molar-refractivity contribution is 0.185. The Kier molecular flexibility index (Phi) is 7.72. The van der Waals surface area contributed by atoms with Crippen molar-refractivity contribution < 1.29 is 4.74 Å². The minimum Gasteiger partial charge on any atom is -0.380 e. The summed E-state index contributed by atoms with van der Waals surface area (Å²) in [4.78, 5) is 2.38. The number of methoxy groups -OCH3 is 1. The van der Waals surface area contributed by atoms with Crippen LogP contribution in [-0.4, -0.2) is 38.2 Å². The molecule has 0 aliphatic rings. The second-order valence-electron chi connectivity index (χ2n) is 5.35. The first kappa shape index (κ1) is 16.2. The molecule has 1 aromatic carbocycles. The van der Waals surface area contributed by atoms with E-state index < -0.39 is 0 Å². The van der Waals surface area contributed by atoms with Crippen LogP contribution in [0.15, 0.2) is 24.3 Å². The highest BCUT2D eigenvalue weighted by Gasteiger charge is 2.01. The Bertz CT molecular complexity index is 335. The number of hydrogen-bond donors (Lipinski definition) is 1. The average Bonchev–Trinajstić information content (AvgIpc) is 2.40. The molecule has 0 spiro atoms. The van der Waals surface area contributed by atoms with E-state index >= 15 is 0 Å². The number of nitrogens with zero attached hydrogens (tertiary/aromatic N) is 1. The van der Waals surface area contributed by atoms with Crippen molar-refractivity contribution in [1.29, 1.82) is 0 Å². The molecular formula is C16H28N2O. The molecule has 0 saturated heterocycles. The summed E-state index contributed by atoms with van der Waals surface area (Å²) in [6.07, 6.45) is 1.19. The van der Waals surface area contributed by atoms with Gasteiger partial charge in [0.1, 0.15) is 0 Å². The molecule has 0 unspecified atom stereocenters. The van der Waals surface area contributed by atoms with Gasteiger partial charge in [0.2, 0.25) is 0 Å². The highest BCUT2D eigenvalue weighted by molar-refractivity contribution is 5.21. The molecule has 0 amide bonds. The van der Waals surface area contributed by atoms with Gasteiger partial charge < -0.3 is 15.0 Å². The van der Waals surface area contributed by atoms with Crippen molar-refractivity contribution in [3.05, 3.63) is 35.4 Å². The van der Waals surface area contributed by atoms with Gasteiger partial charge in [0.05, 0.1) is 6.61 Å². The smallest absolute Gasteiger partial charge is 0.0713 e. The normalized spacial score (nSPS) is 11.5. The molecule has 1 N–H and O–H groups in total. The predicted molar refractivity (Wildman–Crippen MR) is 81.2 cm³/mol. The van der Waals surface area contributed by atoms with Gasteiger partial charge in [-0.25, -0.2) is 0 Å². The molecule has 0 heterocycles. The van der Waals surface area contributed by atoms with E-state index in [1.807, 2.05) is 0 Å². The van der Waals surface area contributed by atoms with E-state index in [0.717, 1.165) is 19.6 Å². The highest BCUT2D eigenvalue weighted by Crippen LogP contribution is 2.05. The highest BCUT2D eigenvalue weighted by atomic mass is 16.5. The molecule has 3 nitrogen and oxygen atoms in total. The zero-order valence-corrected chi connectivity index (χ0v) is 12.8. The Morgan fingerprint density at radius 1 is 1.16 bits per heavy atom. The van der Waals surface area contributed by atoms with Gasteiger partial charge in [-0.3, -0.25) is 0 Å². The lowest BCUT2D eigenvalue weighted by Gasteiger charge is -2.20. The van der Waals surface area contributed by atoms with Gasteiger partial charge in [-0.1, -0.05) is 24.3 Å². The number of ether oxygens (including phenoxy) is 1. The van der Waals surface area contributed by atoms with Crippen LogP contribution in [0.25, 0.3) is 0 Å². The summed E-state index contributed by atoms with van der Waals surface area (Å²) in [5.74, 6) is 0. The number of nitrogens with one attached hydrogen (secondary N) is 1. The summed E-state index contributed by atoms with van der Waals surface area (Å²) < 4.78 is 5.10. The Balaban J connectivity index is 2.15. The number of benzene rings is 1. The first-order chi connectivity index (χ1) is 9.13. The van der Waals surface area contributed by atoms with Crippen molar-refractivity contribution in [2.24, 2.45) is 0 Å². The summed E-state index contributed by atoms with van der Waals surface area (Å²) >= 11 is 0. The molecule has 1 aromatic rings. The van der Waals surface area contributed by atoms with Crippen LogP contribution in [0, 0.1) is 0 Å². The van der Waals surface area contributed by atoms with E-state index in [1.54, 1.807) is 7.11 Å². The van der Waals surface area contributed by atoms with Crippen LogP contribution in [0.3, 0.4) is 0 Å². The van der Waals surface area contributed by atoms with Gasteiger partial charge in [0.15, 0.2) is 0 Å². The topological polar surface area (TPSA) is 24.5 Å². The zero-order chi connectivity index (χ0) is 14.1.